The van der Waals surface area contributed by atoms with Crippen LogP contribution in [-0.4, -0.2) is 35.0 Å². The third kappa shape index (κ3) is 6.90. The van der Waals surface area contributed by atoms with Gasteiger partial charge in [-0.1, -0.05) is 25.6 Å². The number of hydrogen-bond acceptors (Lipinski definition) is 4. The van der Waals surface area contributed by atoms with E-state index in [2.05, 4.69) is 4.72 Å². The predicted octanol–water partition coefficient (Wildman–Crippen LogP) is 2.79. The molecule has 1 amide bonds. The smallest absolute Gasteiger partial charge is 0.417 e. The highest BCUT2D eigenvalue weighted by molar-refractivity contribution is 8.21. The van der Waals surface area contributed by atoms with Gasteiger partial charge in [0.05, 0.1) is 6.61 Å². The molecular formula is C10H20N2O2S2. The van der Waals surface area contributed by atoms with E-state index in [1.54, 1.807) is 0 Å². The number of ether oxygens (including phenoxy) is 1. The van der Waals surface area contributed by atoms with E-state index in [1.807, 2.05) is 25.7 Å². The van der Waals surface area contributed by atoms with Crippen LogP contribution in [0.25, 0.3) is 0 Å². The summed E-state index contributed by atoms with van der Waals surface area (Å²) in [6.07, 6.45) is 1.48. The van der Waals surface area contributed by atoms with Gasteiger partial charge in [-0.3, -0.25) is 4.72 Å². The largest absolute Gasteiger partial charge is 0.449 e. The van der Waals surface area contributed by atoms with Crippen LogP contribution >= 0.6 is 24.2 Å². The minimum atomic E-state index is -0.423. The maximum Gasteiger partial charge on any atom is 0.417 e. The first-order valence-corrected chi connectivity index (χ1v) is 6.76. The van der Waals surface area contributed by atoms with Gasteiger partial charge in [-0.2, -0.15) is 0 Å². The fourth-order valence-corrected chi connectivity index (χ4v) is 1.97. The van der Waals surface area contributed by atoms with Crippen LogP contribution in [0.1, 0.15) is 33.6 Å². The van der Waals surface area contributed by atoms with E-state index in [0.717, 1.165) is 37.9 Å². The number of unbranched alkanes of at least 4 members (excludes halogenated alkanes) is 1. The molecule has 0 atom stereocenters. The molecule has 0 aromatic rings. The van der Waals surface area contributed by atoms with Gasteiger partial charge in [0.25, 0.3) is 0 Å². The van der Waals surface area contributed by atoms with E-state index in [-0.39, 0.29) is 0 Å². The van der Waals surface area contributed by atoms with Crippen LogP contribution in [0.15, 0.2) is 0 Å². The molecule has 0 aliphatic heterocycles. The molecule has 0 aromatic carbocycles. The lowest BCUT2D eigenvalue weighted by Crippen LogP contribution is -2.30. The molecule has 1 N–H and O–H groups in total. The normalized spacial score (nSPS) is 9.69. The summed E-state index contributed by atoms with van der Waals surface area (Å²) in [5, 5.41) is 0. The average Bonchev–Trinajstić information content (AvgIpc) is 2.28. The second kappa shape index (κ2) is 9.72. The Bertz CT molecular complexity index is 221. The molecule has 0 spiro atoms. The van der Waals surface area contributed by atoms with E-state index < -0.39 is 6.09 Å². The summed E-state index contributed by atoms with van der Waals surface area (Å²) in [5.74, 6) is 0. The maximum atomic E-state index is 11.2. The number of hydrogen-bond donors (Lipinski definition) is 1. The number of rotatable bonds is 5. The van der Waals surface area contributed by atoms with Gasteiger partial charge in [0.15, 0.2) is 4.32 Å². The molecule has 16 heavy (non-hydrogen) atoms. The van der Waals surface area contributed by atoms with Crippen LogP contribution < -0.4 is 4.72 Å². The Hall–Kier alpha value is -0.490. The van der Waals surface area contributed by atoms with Crippen LogP contribution in [0.5, 0.6) is 0 Å². The third-order valence-electron chi connectivity index (χ3n) is 1.97. The topological polar surface area (TPSA) is 41.6 Å². The molecule has 0 unspecified atom stereocenters. The van der Waals surface area contributed by atoms with E-state index in [1.165, 1.54) is 0 Å². The molecule has 0 heterocycles. The Labute approximate surface area is 107 Å². The zero-order valence-electron chi connectivity index (χ0n) is 10.1. The highest BCUT2D eigenvalue weighted by atomic mass is 32.2. The molecule has 0 bridgehead atoms. The molecule has 0 radical (unpaired) electrons. The molecule has 0 rings (SSSR count). The fraction of sp³-hybridized carbons (Fsp3) is 0.800. The first-order chi connectivity index (χ1) is 7.65. The standard InChI is InChI=1S/C10H20N2O2S2/c1-4-7-8-14-9(13)11-16-10(15)12(5-2)6-3/h4-8H2,1-3H3,(H,11,13). The average molecular weight is 264 g/mol. The van der Waals surface area contributed by atoms with E-state index >= 15 is 0 Å². The Morgan fingerprint density at radius 3 is 2.50 bits per heavy atom. The van der Waals surface area contributed by atoms with Gasteiger partial charge in [-0.25, -0.2) is 4.79 Å². The predicted molar refractivity (Wildman–Crippen MR) is 72.5 cm³/mol. The van der Waals surface area contributed by atoms with Crippen molar-refractivity contribution in [3.63, 3.8) is 0 Å². The molecular weight excluding hydrogens is 244 g/mol. The summed E-state index contributed by atoms with van der Waals surface area (Å²) in [4.78, 5) is 13.2. The SMILES string of the molecule is CCCCOC(=O)NSC(=S)N(CC)CC. The van der Waals surface area contributed by atoms with Crippen LogP contribution in [0, 0.1) is 0 Å². The fourth-order valence-electron chi connectivity index (χ4n) is 0.970. The van der Waals surface area contributed by atoms with Gasteiger partial charge in [-0.15, -0.1) is 0 Å². The minimum absolute atomic E-state index is 0.423. The van der Waals surface area contributed by atoms with Crippen molar-refractivity contribution in [3.05, 3.63) is 0 Å². The van der Waals surface area contributed by atoms with Crippen molar-refractivity contribution in [2.45, 2.75) is 33.6 Å². The molecule has 0 aromatic heterocycles. The van der Waals surface area contributed by atoms with Crippen molar-refractivity contribution in [1.29, 1.82) is 0 Å². The molecule has 94 valence electrons. The van der Waals surface area contributed by atoms with Crippen molar-refractivity contribution in [1.82, 2.24) is 9.62 Å². The molecule has 0 saturated carbocycles. The van der Waals surface area contributed by atoms with Crippen molar-refractivity contribution in [2.75, 3.05) is 19.7 Å². The Kier molecular flexibility index (Phi) is 9.42. The van der Waals surface area contributed by atoms with Gasteiger partial charge < -0.3 is 9.64 Å². The van der Waals surface area contributed by atoms with Gasteiger partial charge in [0.2, 0.25) is 0 Å². The minimum Gasteiger partial charge on any atom is -0.449 e. The van der Waals surface area contributed by atoms with Gasteiger partial charge in [0, 0.05) is 25.0 Å². The molecule has 0 saturated heterocycles. The number of nitrogens with zero attached hydrogens (tertiary/aromatic N) is 1. The van der Waals surface area contributed by atoms with E-state index in [0.29, 0.717) is 10.9 Å². The summed E-state index contributed by atoms with van der Waals surface area (Å²) in [7, 11) is 0. The summed E-state index contributed by atoms with van der Waals surface area (Å²) >= 11 is 6.28. The Morgan fingerprint density at radius 2 is 2.00 bits per heavy atom. The molecule has 0 aliphatic carbocycles. The maximum absolute atomic E-state index is 11.2. The molecule has 0 fully saturated rings. The second-order valence-electron chi connectivity index (χ2n) is 3.13. The van der Waals surface area contributed by atoms with Gasteiger partial charge >= 0.3 is 6.09 Å². The Morgan fingerprint density at radius 1 is 1.38 bits per heavy atom. The summed E-state index contributed by atoms with van der Waals surface area (Å²) in [6, 6.07) is 0. The number of carbonyl (C=O) groups is 1. The van der Waals surface area contributed by atoms with E-state index in [9.17, 15) is 4.79 Å². The van der Waals surface area contributed by atoms with Crippen LogP contribution in [-0.2, 0) is 4.74 Å². The number of thiocarbonyl (C=S) groups is 1. The summed E-state index contributed by atoms with van der Waals surface area (Å²) in [5.41, 5.74) is 0. The van der Waals surface area contributed by atoms with Crippen LogP contribution in [0.2, 0.25) is 0 Å². The Balaban J connectivity index is 3.70. The van der Waals surface area contributed by atoms with E-state index in [4.69, 9.17) is 17.0 Å². The van der Waals surface area contributed by atoms with Gasteiger partial charge in [0.1, 0.15) is 0 Å². The summed E-state index contributed by atoms with van der Waals surface area (Å²) < 4.78 is 8.16. The van der Waals surface area contributed by atoms with Gasteiger partial charge in [-0.05, 0) is 20.3 Å². The number of carbonyl (C=O) groups excluding carboxylic acids is 1. The second-order valence-corrected chi connectivity index (χ2v) is 4.57. The van der Waals surface area contributed by atoms with Crippen LogP contribution in [0.4, 0.5) is 4.79 Å². The zero-order valence-corrected chi connectivity index (χ0v) is 11.7. The first-order valence-electron chi connectivity index (χ1n) is 5.54. The van der Waals surface area contributed by atoms with Crippen molar-refractivity contribution < 1.29 is 9.53 Å². The first kappa shape index (κ1) is 15.5. The molecule has 6 heteroatoms. The zero-order chi connectivity index (χ0) is 12.4. The lowest BCUT2D eigenvalue weighted by molar-refractivity contribution is 0.151. The summed E-state index contributed by atoms with van der Waals surface area (Å²) in [6.45, 7) is 8.24. The van der Waals surface area contributed by atoms with Crippen LogP contribution in [0.3, 0.4) is 0 Å². The number of nitrogens with one attached hydrogen (secondary N) is 1. The lowest BCUT2D eigenvalue weighted by atomic mass is 10.4. The quantitative estimate of drug-likeness (QED) is 0.470. The highest BCUT2D eigenvalue weighted by Gasteiger charge is 2.08. The molecule has 0 aliphatic rings. The molecule has 4 nitrogen and oxygen atoms in total. The monoisotopic (exact) mass is 264 g/mol. The number of amides is 1. The van der Waals surface area contributed by atoms with Crippen molar-refractivity contribution in [3.8, 4) is 0 Å². The lowest BCUT2D eigenvalue weighted by Gasteiger charge is -2.20. The third-order valence-corrected chi connectivity index (χ3v) is 3.18. The van der Waals surface area contributed by atoms with Crippen molar-refractivity contribution in [2.24, 2.45) is 0 Å². The highest BCUT2D eigenvalue weighted by Crippen LogP contribution is 2.05. The van der Waals surface area contributed by atoms with Crippen molar-refractivity contribution >= 4 is 34.6 Å².